The first kappa shape index (κ1) is 28.9. The van der Waals surface area contributed by atoms with Crippen LogP contribution < -0.4 is 10.1 Å². The Kier molecular flexibility index (Phi) is 10.1. The van der Waals surface area contributed by atoms with E-state index in [0.29, 0.717) is 33.5 Å². The van der Waals surface area contributed by atoms with Gasteiger partial charge in [0.2, 0.25) is 0 Å². The molecule has 196 valence electrons. The van der Waals surface area contributed by atoms with Crippen LogP contribution in [0.3, 0.4) is 0 Å². The van der Waals surface area contributed by atoms with Gasteiger partial charge in [0.15, 0.2) is 0 Å². The number of ether oxygens (including phenoxy) is 2. The number of benzene rings is 2. The molecule has 0 unspecified atom stereocenters. The molecule has 6 nitrogen and oxygen atoms in total. The van der Waals surface area contributed by atoms with E-state index in [1.54, 1.807) is 6.92 Å². The topological polar surface area (TPSA) is 88.4 Å². The van der Waals surface area contributed by atoms with E-state index in [2.05, 4.69) is 50.5 Å². The number of hydrogen-bond acceptors (Lipinski definition) is 6. The highest BCUT2D eigenvalue weighted by atomic mass is 127. The molecule has 10 heteroatoms. The van der Waals surface area contributed by atoms with E-state index >= 15 is 0 Å². The molecule has 0 radical (unpaired) electrons. The maximum absolute atomic E-state index is 13.1. The number of nitriles is 1. The van der Waals surface area contributed by atoms with E-state index < -0.39 is 11.9 Å². The first-order valence-electron chi connectivity index (χ1n) is 11.9. The Morgan fingerprint density at radius 3 is 2.58 bits per heavy atom. The lowest BCUT2D eigenvalue weighted by molar-refractivity contribution is -0.112. The molecule has 0 atom stereocenters. The zero-order valence-corrected chi connectivity index (χ0v) is 26.3. The van der Waals surface area contributed by atoms with Crippen LogP contribution in [0.25, 0.3) is 6.08 Å². The lowest BCUT2D eigenvalue weighted by Crippen LogP contribution is -2.16. The number of hydrogen-bond donors (Lipinski definition) is 1. The predicted octanol–water partition coefficient (Wildman–Crippen LogP) is 7.79. The van der Waals surface area contributed by atoms with Gasteiger partial charge < -0.3 is 14.8 Å². The average Bonchev–Trinajstić information content (AvgIpc) is 3.25. The fourth-order valence-corrected chi connectivity index (χ4v) is 7.72. The van der Waals surface area contributed by atoms with Crippen molar-refractivity contribution in [1.82, 2.24) is 0 Å². The Balaban J connectivity index is 1.56. The van der Waals surface area contributed by atoms with Crippen molar-refractivity contribution in [2.45, 2.75) is 39.2 Å². The van der Waals surface area contributed by atoms with E-state index in [-0.39, 0.29) is 12.2 Å². The molecule has 0 bridgehead atoms. The highest BCUT2D eigenvalue weighted by molar-refractivity contribution is 14.1. The number of aryl methyl sites for hydroxylation is 1. The number of carbonyl (C=O) groups is 2. The van der Waals surface area contributed by atoms with Crippen molar-refractivity contribution in [3.05, 3.63) is 81.3 Å². The predicted molar refractivity (Wildman–Crippen MR) is 167 cm³/mol. The summed E-state index contributed by atoms with van der Waals surface area (Å²) >= 11 is 12.0. The van der Waals surface area contributed by atoms with E-state index in [9.17, 15) is 14.9 Å². The number of esters is 1. The van der Waals surface area contributed by atoms with Crippen LogP contribution in [0.1, 0.15) is 51.7 Å². The van der Waals surface area contributed by atoms with Crippen LogP contribution in [0, 0.1) is 18.5 Å². The Hall–Kier alpha value is -2.14. The van der Waals surface area contributed by atoms with Crippen molar-refractivity contribution in [2.24, 2.45) is 0 Å². The Labute approximate surface area is 257 Å². The zero-order chi connectivity index (χ0) is 27.2. The molecule has 0 spiro atoms. The number of thiophene rings is 1. The van der Waals surface area contributed by atoms with E-state index in [4.69, 9.17) is 21.1 Å². The van der Waals surface area contributed by atoms with Gasteiger partial charge in [-0.2, -0.15) is 5.26 Å². The van der Waals surface area contributed by atoms with Crippen LogP contribution in [0.2, 0.25) is 5.02 Å². The Morgan fingerprint density at radius 1 is 1.18 bits per heavy atom. The lowest BCUT2D eigenvalue weighted by atomic mass is 9.95. The van der Waals surface area contributed by atoms with Gasteiger partial charge in [0.1, 0.15) is 29.0 Å². The summed E-state index contributed by atoms with van der Waals surface area (Å²) < 4.78 is 13.0. The van der Waals surface area contributed by atoms with Gasteiger partial charge in [0, 0.05) is 15.5 Å². The van der Waals surface area contributed by atoms with Gasteiger partial charge in [-0.05, 0) is 113 Å². The van der Waals surface area contributed by atoms with Crippen LogP contribution in [-0.2, 0) is 29.0 Å². The maximum Gasteiger partial charge on any atom is 0.341 e. The summed E-state index contributed by atoms with van der Waals surface area (Å²) in [6, 6.07) is 13.2. The maximum atomic E-state index is 13.1. The molecule has 1 amide bonds. The second-order valence-electron chi connectivity index (χ2n) is 8.45. The molecule has 1 aromatic heterocycles. The van der Waals surface area contributed by atoms with Gasteiger partial charge in [0.25, 0.3) is 5.91 Å². The van der Waals surface area contributed by atoms with Crippen molar-refractivity contribution in [3.8, 4) is 11.8 Å². The number of carbonyl (C=O) groups excluding carboxylic acids is 2. The van der Waals surface area contributed by atoms with Crippen LogP contribution in [0.5, 0.6) is 5.75 Å². The van der Waals surface area contributed by atoms with Gasteiger partial charge in [-0.25, -0.2) is 4.79 Å². The van der Waals surface area contributed by atoms with E-state index in [1.807, 2.05) is 42.5 Å². The standard InChI is InChI=1S/C28H23ClI2N2O4S/c1-2-36-28(35)24-19-8-4-6-10-23(19)38-27(24)33-26(34)18(14-32)11-16-12-21(30)25(22(31)13-16)37-15-17-7-3-5-9-20(17)29/h3,5,7,9,11-13H,2,4,6,8,10,15H2,1H3,(H,33,34)/b18-11+. The van der Waals surface area contributed by atoms with Crippen molar-refractivity contribution in [3.63, 3.8) is 0 Å². The quantitative estimate of drug-likeness (QED) is 0.109. The fraction of sp³-hybridized carbons (Fsp3) is 0.250. The molecule has 2 aromatic carbocycles. The fourth-order valence-electron chi connectivity index (χ4n) is 4.12. The minimum Gasteiger partial charge on any atom is -0.487 e. The number of anilines is 1. The lowest BCUT2D eigenvalue weighted by Gasteiger charge is -2.13. The molecule has 0 saturated carbocycles. The smallest absolute Gasteiger partial charge is 0.341 e. The molecule has 3 aromatic rings. The summed E-state index contributed by atoms with van der Waals surface area (Å²) in [5, 5.41) is 13.7. The molecule has 1 N–H and O–H groups in total. The van der Waals surface area contributed by atoms with Crippen LogP contribution >= 0.6 is 68.1 Å². The van der Waals surface area contributed by atoms with Gasteiger partial charge in [-0.3, -0.25) is 4.79 Å². The zero-order valence-electron chi connectivity index (χ0n) is 20.4. The molecular formula is C28H23ClI2N2O4S. The highest BCUT2D eigenvalue weighted by Crippen LogP contribution is 2.39. The summed E-state index contributed by atoms with van der Waals surface area (Å²) in [5.41, 5.74) is 2.87. The largest absolute Gasteiger partial charge is 0.487 e. The van der Waals surface area contributed by atoms with E-state index in [0.717, 1.165) is 48.8 Å². The summed E-state index contributed by atoms with van der Waals surface area (Å²) in [4.78, 5) is 26.9. The van der Waals surface area contributed by atoms with Crippen LogP contribution in [0.4, 0.5) is 5.00 Å². The number of fused-ring (bicyclic) bond motifs is 1. The van der Waals surface area contributed by atoms with E-state index in [1.165, 1.54) is 17.4 Å². The molecule has 0 aliphatic heterocycles. The molecule has 1 aliphatic rings. The van der Waals surface area contributed by atoms with Gasteiger partial charge in [0.05, 0.1) is 19.3 Å². The Morgan fingerprint density at radius 2 is 1.89 bits per heavy atom. The third kappa shape index (κ3) is 6.70. The minimum atomic E-state index is -0.569. The van der Waals surface area contributed by atoms with Gasteiger partial charge in [-0.15, -0.1) is 11.3 Å². The van der Waals surface area contributed by atoms with Crippen molar-refractivity contribution < 1.29 is 19.1 Å². The summed E-state index contributed by atoms with van der Waals surface area (Å²) in [5.74, 6) is -0.309. The summed E-state index contributed by atoms with van der Waals surface area (Å²) in [6.07, 6.45) is 5.21. The Bertz CT molecular complexity index is 1440. The van der Waals surface area contributed by atoms with Gasteiger partial charge in [-0.1, -0.05) is 29.8 Å². The average molecular weight is 773 g/mol. The number of amides is 1. The third-order valence-corrected chi connectivity index (χ3v) is 9.08. The van der Waals surface area contributed by atoms with Crippen molar-refractivity contribution in [2.75, 3.05) is 11.9 Å². The third-order valence-electron chi connectivity index (χ3n) is 5.90. The second kappa shape index (κ2) is 13.3. The number of halogens is 3. The monoisotopic (exact) mass is 772 g/mol. The van der Waals surface area contributed by atoms with Gasteiger partial charge >= 0.3 is 5.97 Å². The molecule has 0 saturated heterocycles. The summed E-state index contributed by atoms with van der Waals surface area (Å²) in [6.45, 7) is 2.32. The van der Waals surface area contributed by atoms with Crippen LogP contribution in [0.15, 0.2) is 42.0 Å². The molecule has 38 heavy (non-hydrogen) atoms. The molecule has 1 aliphatic carbocycles. The van der Waals surface area contributed by atoms with Crippen LogP contribution in [-0.4, -0.2) is 18.5 Å². The molecule has 1 heterocycles. The molecule has 0 fully saturated rings. The summed E-state index contributed by atoms with van der Waals surface area (Å²) in [7, 11) is 0. The SMILES string of the molecule is CCOC(=O)c1c(NC(=O)/C(C#N)=C/c2cc(I)c(OCc3ccccc3Cl)c(I)c2)sc2c1CCCC2. The molecule has 4 rings (SSSR count). The highest BCUT2D eigenvalue weighted by Gasteiger charge is 2.28. The first-order chi connectivity index (χ1) is 18.3. The normalized spacial score (nSPS) is 12.9. The number of rotatable bonds is 8. The van der Waals surface area contributed by atoms with Crippen molar-refractivity contribution in [1.29, 1.82) is 5.26 Å². The minimum absolute atomic E-state index is 0.0671. The molecular weight excluding hydrogens is 750 g/mol. The van der Waals surface area contributed by atoms with Crippen molar-refractivity contribution >= 4 is 91.1 Å². The number of nitrogens with one attached hydrogen (secondary N) is 1. The number of nitrogens with zero attached hydrogens (tertiary/aromatic N) is 1. The second-order valence-corrected chi connectivity index (χ2v) is 12.3. The first-order valence-corrected chi connectivity index (χ1v) is 15.3.